The molecule has 0 amide bonds. The number of ether oxygens (including phenoxy) is 1. The average Bonchev–Trinajstić information content (AvgIpc) is 2.09. The lowest BCUT2D eigenvalue weighted by Crippen LogP contribution is -2.32. The number of halogens is 2. The Morgan fingerprint density at radius 1 is 1.53 bits per heavy atom. The van der Waals surface area contributed by atoms with Gasteiger partial charge in [0.15, 0.2) is 0 Å². The molecule has 0 aliphatic heterocycles. The van der Waals surface area contributed by atoms with Gasteiger partial charge < -0.3 is 9.84 Å². The summed E-state index contributed by atoms with van der Waals surface area (Å²) in [6.07, 6.45) is 0.479. The summed E-state index contributed by atoms with van der Waals surface area (Å²) in [7, 11) is 1.57. The first-order chi connectivity index (χ1) is 6.94. The number of methoxy groups -OCH3 is 1. The van der Waals surface area contributed by atoms with Crippen molar-refractivity contribution in [2.45, 2.75) is 18.9 Å². The molecule has 0 aliphatic carbocycles. The van der Waals surface area contributed by atoms with Crippen LogP contribution in [0, 0.1) is 0 Å². The van der Waals surface area contributed by atoms with E-state index >= 15 is 0 Å². The van der Waals surface area contributed by atoms with Crippen LogP contribution in [0.2, 0.25) is 5.02 Å². The number of hydrogen-bond donors (Lipinski definition) is 1. The Morgan fingerprint density at radius 2 is 2.20 bits per heavy atom. The number of hydrogen-bond acceptors (Lipinski definition) is 2. The van der Waals surface area contributed by atoms with Crippen LogP contribution < -0.4 is 0 Å². The van der Waals surface area contributed by atoms with Crippen LogP contribution in [0.4, 0.5) is 0 Å². The molecule has 0 spiro atoms. The molecule has 0 aromatic heterocycles. The Hall–Kier alpha value is -0.0900. The van der Waals surface area contributed by atoms with Gasteiger partial charge in [-0.3, -0.25) is 0 Å². The summed E-state index contributed by atoms with van der Waals surface area (Å²) in [5, 5.41) is 10.6. The van der Waals surface area contributed by atoms with E-state index < -0.39 is 5.60 Å². The maximum atomic E-state index is 9.97. The van der Waals surface area contributed by atoms with E-state index in [-0.39, 0.29) is 0 Å². The first-order valence-electron chi connectivity index (χ1n) is 4.60. The molecule has 1 rings (SSSR count). The van der Waals surface area contributed by atoms with Crippen LogP contribution in [0.3, 0.4) is 0 Å². The predicted molar refractivity (Wildman–Crippen MR) is 65.4 cm³/mol. The van der Waals surface area contributed by atoms with Crippen molar-refractivity contribution < 1.29 is 9.84 Å². The normalized spacial score (nSPS) is 15.0. The summed E-state index contributed by atoms with van der Waals surface area (Å²) in [5.41, 5.74) is 0.0357. The van der Waals surface area contributed by atoms with Crippen molar-refractivity contribution in [2.75, 3.05) is 13.7 Å². The Bertz CT molecular complexity index is 339. The van der Waals surface area contributed by atoms with Crippen molar-refractivity contribution >= 4 is 27.5 Å². The average molecular weight is 294 g/mol. The highest BCUT2D eigenvalue weighted by Gasteiger charge is 2.21. The monoisotopic (exact) mass is 292 g/mol. The van der Waals surface area contributed by atoms with Gasteiger partial charge in [-0.25, -0.2) is 0 Å². The fraction of sp³-hybridized carbons (Fsp3) is 0.455. The summed E-state index contributed by atoms with van der Waals surface area (Å²) < 4.78 is 5.87. The first-order valence-corrected chi connectivity index (χ1v) is 5.77. The standard InChI is InChI=1S/C11H14BrClO2/c1-11(14,7-15-2)6-8-3-4-9(12)5-10(8)13/h3-5,14H,6-7H2,1-2H3. The van der Waals surface area contributed by atoms with Crippen molar-refractivity contribution in [3.05, 3.63) is 33.3 Å². The van der Waals surface area contributed by atoms with Crippen molar-refractivity contribution in [3.63, 3.8) is 0 Å². The molecule has 0 aliphatic rings. The topological polar surface area (TPSA) is 29.5 Å². The van der Waals surface area contributed by atoms with E-state index in [2.05, 4.69) is 15.9 Å². The largest absolute Gasteiger partial charge is 0.387 e. The second-order valence-corrected chi connectivity index (χ2v) is 5.17. The van der Waals surface area contributed by atoms with Gasteiger partial charge in [-0.15, -0.1) is 0 Å². The zero-order valence-corrected chi connectivity index (χ0v) is 11.1. The van der Waals surface area contributed by atoms with Gasteiger partial charge in [0.25, 0.3) is 0 Å². The Balaban J connectivity index is 2.80. The Labute approximate surface area is 103 Å². The van der Waals surface area contributed by atoms with Gasteiger partial charge in [0, 0.05) is 23.0 Å². The van der Waals surface area contributed by atoms with Gasteiger partial charge >= 0.3 is 0 Å². The highest BCUT2D eigenvalue weighted by atomic mass is 79.9. The molecule has 0 saturated carbocycles. The second-order valence-electron chi connectivity index (χ2n) is 3.84. The van der Waals surface area contributed by atoms with Crippen LogP contribution in [0.5, 0.6) is 0 Å². The van der Waals surface area contributed by atoms with Crippen LogP contribution in [-0.4, -0.2) is 24.4 Å². The van der Waals surface area contributed by atoms with Crippen LogP contribution in [0.1, 0.15) is 12.5 Å². The van der Waals surface area contributed by atoms with Gasteiger partial charge in [0.05, 0.1) is 12.2 Å². The Kier molecular flexibility index (Phi) is 4.59. The van der Waals surface area contributed by atoms with Gasteiger partial charge in [0.1, 0.15) is 0 Å². The molecule has 1 aromatic carbocycles. The molecule has 0 fully saturated rings. The quantitative estimate of drug-likeness (QED) is 0.924. The smallest absolute Gasteiger partial charge is 0.0892 e. The number of rotatable bonds is 4. The van der Waals surface area contributed by atoms with E-state index in [9.17, 15) is 5.11 Å². The van der Waals surface area contributed by atoms with Crippen molar-refractivity contribution in [2.24, 2.45) is 0 Å². The molecule has 0 saturated heterocycles. The molecule has 1 atom stereocenters. The summed E-state index contributed by atoms with van der Waals surface area (Å²) in [6, 6.07) is 5.63. The van der Waals surface area contributed by atoms with Crippen molar-refractivity contribution in [3.8, 4) is 0 Å². The van der Waals surface area contributed by atoms with E-state index in [1.807, 2.05) is 18.2 Å². The van der Waals surface area contributed by atoms with Crippen LogP contribution in [0.25, 0.3) is 0 Å². The van der Waals surface area contributed by atoms with Crippen molar-refractivity contribution in [1.29, 1.82) is 0 Å². The highest BCUT2D eigenvalue weighted by molar-refractivity contribution is 9.10. The zero-order chi connectivity index (χ0) is 11.5. The fourth-order valence-corrected chi connectivity index (χ4v) is 2.18. The lowest BCUT2D eigenvalue weighted by molar-refractivity contribution is -0.0160. The molecule has 1 unspecified atom stereocenters. The minimum atomic E-state index is -0.883. The fourth-order valence-electron chi connectivity index (χ4n) is 1.44. The molecule has 0 bridgehead atoms. The lowest BCUT2D eigenvalue weighted by atomic mass is 9.97. The second kappa shape index (κ2) is 5.30. The molecule has 15 heavy (non-hydrogen) atoms. The zero-order valence-electron chi connectivity index (χ0n) is 8.76. The summed E-state index contributed by atoms with van der Waals surface area (Å²) in [6.45, 7) is 2.02. The molecule has 4 heteroatoms. The third kappa shape index (κ3) is 4.11. The number of aliphatic hydroxyl groups is 1. The van der Waals surface area contributed by atoms with E-state index in [0.29, 0.717) is 18.1 Å². The molecular formula is C11H14BrClO2. The van der Waals surface area contributed by atoms with Gasteiger partial charge in [-0.05, 0) is 24.6 Å². The molecule has 84 valence electrons. The third-order valence-electron chi connectivity index (χ3n) is 2.04. The lowest BCUT2D eigenvalue weighted by Gasteiger charge is -2.22. The van der Waals surface area contributed by atoms with Gasteiger partial charge in [-0.1, -0.05) is 33.6 Å². The SMILES string of the molecule is COCC(C)(O)Cc1ccc(Br)cc1Cl. The van der Waals surface area contributed by atoms with Gasteiger partial charge in [0.2, 0.25) is 0 Å². The van der Waals surface area contributed by atoms with Crippen molar-refractivity contribution in [1.82, 2.24) is 0 Å². The summed E-state index contributed by atoms with van der Waals surface area (Å²) in [5.74, 6) is 0. The van der Waals surface area contributed by atoms with E-state index in [1.54, 1.807) is 14.0 Å². The molecule has 1 N–H and O–H groups in total. The number of benzene rings is 1. The molecule has 1 aromatic rings. The first kappa shape index (κ1) is 13.0. The van der Waals surface area contributed by atoms with E-state index in [0.717, 1.165) is 10.0 Å². The van der Waals surface area contributed by atoms with E-state index in [1.165, 1.54) is 0 Å². The molecular weight excluding hydrogens is 279 g/mol. The van der Waals surface area contributed by atoms with Gasteiger partial charge in [-0.2, -0.15) is 0 Å². The minimum Gasteiger partial charge on any atom is -0.387 e. The third-order valence-corrected chi connectivity index (χ3v) is 2.89. The molecule has 0 heterocycles. The molecule has 2 nitrogen and oxygen atoms in total. The maximum Gasteiger partial charge on any atom is 0.0892 e. The maximum absolute atomic E-state index is 9.97. The molecule has 0 radical (unpaired) electrons. The predicted octanol–water partition coefficient (Wildman–Crippen LogP) is 3.04. The highest BCUT2D eigenvalue weighted by Crippen LogP contribution is 2.25. The van der Waals surface area contributed by atoms with E-state index in [4.69, 9.17) is 16.3 Å². The summed E-state index contributed by atoms with van der Waals surface area (Å²) >= 11 is 9.39. The van der Waals surface area contributed by atoms with Crippen LogP contribution in [-0.2, 0) is 11.2 Å². The van der Waals surface area contributed by atoms with Crippen LogP contribution in [0.15, 0.2) is 22.7 Å². The summed E-state index contributed by atoms with van der Waals surface area (Å²) in [4.78, 5) is 0. The Morgan fingerprint density at radius 3 is 2.73 bits per heavy atom. The minimum absolute atomic E-state index is 0.291. The van der Waals surface area contributed by atoms with Crippen LogP contribution >= 0.6 is 27.5 Å².